The summed E-state index contributed by atoms with van der Waals surface area (Å²) >= 11 is 0. The van der Waals surface area contributed by atoms with E-state index in [1.165, 1.54) is 12.8 Å². The lowest BCUT2D eigenvalue weighted by Gasteiger charge is -2.37. The maximum atomic E-state index is 9.28. The van der Waals surface area contributed by atoms with Gasteiger partial charge in [0, 0.05) is 31.0 Å². The Morgan fingerprint density at radius 3 is 3.10 bits per heavy atom. The lowest BCUT2D eigenvalue weighted by molar-refractivity contribution is 0.262. The molecule has 2 aromatic rings. The molecule has 1 fully saturated rings. The summed E-state index contributed by atoms with van der Waals surface area (Å²) in [6.45, 7) is 3.33. The zero-order valence-electron chi connectivity index (χ0n) is 11.9. The summed E-state index contributed by atoms with van der Waals surface area (Å²) in [4.78, 5) is 11.1. The van der Waals surface area contributed by atoms with Crippen LogP contribution >= 0.6 is 0 Å². The number of anilines is 1. The van der Waals surface area contributed by atoms with Gasteiger partial charge in [0.2, 0.25) is 0 Å². The third-order valence-corrected chi connectivity index (χ3v) is 4.03. The summed E-state index contributed by atoms with van der Waals surface area (Å²) < 4.78 is 1.81. The standard InChI is InChI=1S/C14H21N5O/c1-2-11-9-13(19-14(17-11)15-10-16-19)18-7-4-3-5-12(18)6-8-20/h9-10,12,20H,2-8H2,1H3. The van der Waals surface area contributed by atoms with Crippen LogP contribution in [0.3, 0.4) is 0 Å². The minimum Gasteiger partial charge on any atom is -0.396 e. The van der Waals surface area contributed by atoms with Crippen molar-refractivity contribution in [2.24, 2.45) is 0 Å². The number of hydrogen-bond donors (Lipinski definition) is 1. The summed E-state index contributed by atoms with van der Waals surface area (Å²) in [6.07, 6.45) is 6.78. The fourth-order valence-electron chi connectivity index (χ4n) is 2.98. The van der Waals surface area contributed by atoms with Gasteiger partial charge >= 0.3 is 0 Å². The van der Waals surface area contributed by atoms with Gasteiger partial charge in [-0.25, -0.2) is 4.98 Å². The maximum Gasteiger partial charge on any atom is 0.254 e. The number of piperidine rings is 1. The molecule has 0 aromatic carbocycles. The second-order valence-corrected chi connectivity index (χ2v) is 5.29. The number of aromatic nitrogens is 4. The first-order valence-electron chi connectivity index (χ1n) is 7.40. The molecule has 6 nitrogen and oxygen atoms in total. The molecular formula is C14H21N5O. The average Bonchev–Trinajstić information content (AvgIpc) is 2.95. The van der Waals surface area contributed by atoms with E-state index >= 15 is 0 Å². The summed E-state index contributed by atoms with van der Waals surface area (Å²) in [5, 5.41) is 13.6. The van der Waals surface area contributed by atoms with Crippen molar-refractivity contribution in [3.05, 3.63) is 18.1 Å². The van der Waals surface area contributed by atoms with Crippen LogP contribution in [0, 0.1) is 0 Å². The second-order valence-electron chi connectivity index (χ2n) is 5.29. The quantitative estimate of drug-likeness (QED) is 0.914. The van der Waals surface area contributed by atoms with Crippen LogP contribution in [0.1, 0.15) is 38.3 Å². The lowest BCUT2D eigenvalue weighted by atomic mass is 9.99. The van der Waals surface area contributed by atoms with Gasteiger partial charge in [0.1, 0.15) is 12.1 Å². The molecular weight excluding hydrogens is 254 g/mol. The highest BCUT2D eigenvalue weighted by Gasteiger charge is 2.25. The van der Waals surface area contributed by atoms with Gasteiger partial charge in [-0.3, -0.25) is 0 Å². The van der Waals surface area contributed by atoms with Gasteiger partial charge in [-0.1, -0.05) is 6.92 Å². The van der Waals surface area contributed by atoms with E-state index in [0.29, 0.717) is 11.8 Å². The maximum absolute atomic E-state index is 9.28. The molecule has 3 rings (SSSR count). The van der Waals surface area contributed by atoms with Crippen molar-refractivity contribution in [2.45, 2.75) is 45.1 Å². The summed E-state index contributed by atoms with van der Waals surface area (Å²) in [5.41, 5.74) is 1.04. The van der Waals surface area contributed by atoms with Crippen LogP contribution in [0.25, 0.3) is 5.78 Å². The summed E-state index contributed by atoms with van der Waals surface area (Å²) in [5.74, 6) is 1.72. The Morgan fingerprint density at radius 2 is 2.30 bits per heavy atom. The van der Waals surface area contributed by atoms with Crippen LogP contribution in [0.4, 0.5) is 5.82 Å². The lowest BCUT2D eigenvalue weighted by Crippen LogP contribution is -2.41. The molecule has 1 aliphatic rings. The Morgan fingerprint density at radius 1 is 1.40 bits per heavy atom. The number of fused-ring (bicyclic) bond motifs is 1. The third-order valence-electron chi connectivity index (χ3n) is 4.03. The number of aliphatic hydroxyl groups excluding tert-OH is 1. The van der Waals surface area contributed by atoms with Gasteiger partial charge in [0.05, 0.1) is 0 Å². The van der Waals surface area contributed by atoms with Crippen molar-refractivity contribution < 1.29 is 5.11 Å². The molecule has 1 aliphatic heterocycles. The predicted octanol–water partition coefficient (Wildman–Crippen LogP) is 1.43. The first-order valence-corrected chi connectivity index (χ1v) is 7.40. The normalized spacial score (nSPS) is 19.7. The third kappa shape index (κ3) is 2.35. The molecule has 1 atom stereocenters. The van der Waals surface area contributed by atoms with E-state index < -0.39 is 0 Å². The highest BCUT2D eigenvalue weighted by Crippen LogP contribution is 2.27. The van der Waals surface area contributed by atoms with Crippen LogP contribution in [-0.4, -0.2) is 43.9 Å². The van der Waals surface area contributed by atoms with Gasteiger partial charge in [-0.05, 0) is 32.1 Å². The molecule has 0 bridgehead atoms. The van der Waals surface area contributed by atoms with E-state index in [1.54, 1.807) is 6.33 Å². The molecule has 1 N–H and O–H groups in total. The molecule has 3 heterocycles. The molecule has 0 spiro atoms. The molecule has 2 aromatic heterocycles. The Bertz CT molecular complexity index is 580. The fourth-order valence-corrected chi connectivity index (χ4v) is 2.98. The van der Waals surface area contributed by atoms with Crippen LogP contribution in [-0.2, 0) is 6.42 Å². The van der Waals surface area contributed by atoms with E-state index in [1.807, 2.05) is 4.52 Å². The monoisotopic (exact) mass is 275 g/mol. The number of nitrogens with zero attached hydrogens (tertiary/aromatic N) is 5. The smallest absolute Gasteiger partial charge is 0.254 e. The predicted molar refractivity (Wildman–Crippen MR) is 76.8 cm³/mol. The molecule has 1 unspecified atom stereocenters. The molecule has 20 heavy (non-hydrogen) atoms. The number of rotatable bonds is 4. The molecule has 0 aliphatic carbocycles. The first-order chi connectivity index (χ1) is 9.83. The average molecular weight is 275 g/mol. The second kappa shape index (κ2) is 5.75. The Balaban J connectivity index is 2.04. The minimum atomic E-state index is 0.230. The molecule has 1 saturated heterocycles. The van der Waals surface area contributed by atoms with Gasteiger partial charge in [0.15, 0.2) is 0 Å². The van der Waals surface area contributed by atoms with Gasteiger partial charge in [-0.2, -0.15) is 14.6 Å². The molecule has 6 heteroatoms. The SMILES string of the molecule is CCc1cc(N2CCCCC2CCO)n2ncnc2n1. The van der Waals surface area contributed by atoms with Crippen molar-refractivity contribution in [2.75, 3.05) is 18.1 Å². The van der Waals surface area contributed by atoms with Gasteiger partial charge < -0.3 is 10.0 Å². The van der Waals surface area contributed by atoms with Crippen LogP contribution < -0.4 is 4.90 Å². The van der Waals surface area contributed by atoms with E-state index in [2.05, 4.69) is 33.0 Å². The van der Waals surface area contributed by atoms with Crippen molar-refractivity contribution in [1.82, 2.24) is 19.6 Å². The highest BCUT2D eigenvalue weighted by atomic mass is 16.3. The number of aliphatic hydroxyl groups is 1. The Hall–Kier alpha value is -1.69. The van der Waals surface area contributed by atoms with Crippen molar-refractivity contribution >= 4 is 11.6 Å². The molecule has 0 saturated carbocycles. The van der Waals surface area contributed by atoms with Gasteiger partial charge in [-0.15, -0.1) is 0 Å². The number of aryl methyl sites for hydroxylation is 1. The van der Waals surface area contributed by atoms with Crippen LogP contribution in [0.5, 0.6) is 0 Å². The van der Waals surface area contributed by atoms with Gasteiger partial charge in [0.25, 0.3) is 5.78 Å². The van der Waals surface area contributed by atoms with E-state index in [9.17, 15) is 5.11 Å². The van der Waals surface area contributed by atoms with E-state index in [0.717, 1.165) is 37.3 Å². The molecule has 0 radical (unpaired) electrons. The topological polar surface area (TPSA) is 66.5 Å². The Kier molecular flexibility index (Phi) is 3.82. The highest BCUT2D eigenvalue weighted by molar-refractivity contribution is 5.48. The summed E-state index contributed by atoms with van der Waals surface area (Å²) in [7, 11) is 0. The van der Waals surface area contributed by atoms with E-state index in [-0.39, 0.29) is 6.61 Å². The van der Waals surface area contributed by atoms with Crippen LogP contribution in [0.2, 0.25) is 0 Å². The van der Waals surface area contributed by atoms with Crippen LogP contribution in [0.15, 0.2) is 12.4 Å². The molecule has 0 amide bonds. The minimum absolute atomic E-state index is 0.230. The fraction of sp³-hybridized carbons (Fsp3) is 0.643. The van der Waals surface area contributed by atoms with Crippen molar-refractivity contribution in [1.29, 1.82) is 0 Å². The Labute approximate surface area is 118 Å². The largest absolute Gasteiger partial charge is 0.396 e. The zero-order chi connectivity index (χ0) is 13.9. The first kappa shape index (κ1) is 13.3. The van der Waals surface area contributed by atoms with Crippen molar-refractivity contribution in [3.8, 4) is 0 Å². The number of hydrogen-bond acceptors (Lipinski definition) is 5. The molecule has 108 valence electrons. The summed E-state index contributed by atoms with van der Waals surface area (Å²) in [6, 6.07) is 2.49. The van der Waals surface area contributed by atoms with Crippen molar-refractivity contribution in [3.63, 3.8) is 0 Å². The zero-order valence-corrected chi connectivity index (χ0v) is 11.9. The van der Waals surface area contributed by atoms with E-state index in [4.69, 9.17) is 0 Å².